The highest BCUT2D eigenvalue weighted by atomic mass is 32.2. The maximum absolute atomic E-state index is 14.0. The Hall–Kier alpha value is -2.68. The summed E-state index contributed by atoms with van der Waals surface area (Å²) in [6.45, 7) is 16.8. The number of alkyl carbamates (subject to hydrolysis) is 1. The number of methoxy groups -OCH3 is 1. The molecule has 0 aromatic heterocycles. The van der Waals surface area contributed by atoms with Gasteiger partial charge in [0.05, 0.1) is 19.8 Å². The number of hydrogen-bond donors (Lipinski definition) is 1. The molecule has 0 bridgehead atoms. The number of carbonyl (C=O) groups is 3. The molecule has 0 saturated heterocycles. The third kappa shape index (κ3) is 10.6. The van der Waals surface area contributed by atoms with Gasteiger partial charge in [0.1, 0.15) is 17.4 Å². The lowest BCUT2D eigenvalue weighted by atomic mass is 9.96. The van der Waals surface area contributed by atoms with E-state index in [9.17, 15) is 14.4 Å². The van der Waals surface area contributed by atoms with Gasteiger partial charge in [-0.25, -0.2) is 9.59 Å². The summed E-state index contributed by atoms with van der Waals surface area (Å²) in [5.74, 6) is 0.693. The predicted molar refractivity (Wildman–Crippen MR) is 153 cm³/mol. The Labute approximate surface area is 232 Å². The van der Waals surface area contributed by atoms with Crippen molar-refractivity contribution in [2.75, 3.05) is 20.8 Å². The summed E-state index contributed by atoms with van der Waals surface area (Å²) in [5, 5.41) is 2.83. The number of rotatable bonds is 12. The number of nitrogens with zero attached hydrogens (tertiary/aromatic N) is 1. The minimum absolute atomic E-state index is 0.00516. The normalized spacial score (nSPS) is 13.9. The highest BCUT2D eigenvalue weighted by Gasteiger charge is 2.41. The summed E-state index contributed by atoms with van der Waals surface area (Å²) >= 11 is 1.56. The largest absolute Gasteiger partial charge is 0.497 e. The molecule has 0 spiro atoms. The van der Waals surface area contributed by atoms with Crippen molar-refractivity contribution in [1.29, 1.82) is 0 Å². The smallest absolute Gasteiger partial charge is 0.408 e. The fourth-order valence-corrected chi connectivity index (χ4v) is 4.76. The topological polar surface area (TPSA) is 94.2 Å². The van der Waals surface area contributed by atoms with Gasteiger partial charge in [0, 0.05) is 23.1 Å². The SMILES string of the molecule is CCOC(=O)/C(C)=C/[C@H](C(C)C)N(C)C(=O)[C@@H](NC(=O)OC(C)(C)C)C(C)(C)SCc1ccc(OC)cc1. The maximum Gasteiger partial charge on any atom is 0.408 e. The third-order valence-electron chi connectivity index (χ3n) is 5.87. The molecule has 0 saturated carbocycles. The Morgan fingerprint density at radius 3 is 2.13 bits per heavy atom. The van der Waals surface area contributed by atoms with E-state index in [1.165, 1.54) is 0 Å². The molecule has 0 aliphatic carbocycles. The van der Waals surface area contributed by atoms with E-state index < -0.39 is 34.5 Å². The zero-order chi connectivity index (χ0) is 29.3. The first-order chi connectivity index (χ1) is 17.5. The van der Waals surface area contributed by atoms with Crippen LogP contribution in [0.5, 0.6) is 5.75 Å². The standard InChI is InChI=1S/C29H46N2O6S/c1-12-36-26(33)20(4)17-23(19(2)3)31(10)25(32)24(30-27(34)37-28(5,6)7)29(8,9)38-18-21-13-15-22(35-11)16-14-21/h13-17,19,23-24H,12,18H2,1-11H3,(H,30,34)/b20-17+/t23-,24-/m1/s1. The van der Waals surface area contributed by atoms with Crippen LogP contribution in [-0.4, -0.2) is 66.1 Å². The maximum atomic E-state index is 14.0. The molecule has 0 heterocycles. The lowest BCUT2D eigenvalue weighted by Gasteiger charge is -2.39. The molecule has 0 aliphatic rings. The second kappa shape index (κ2) is 14.5. The molecule has 214 valence electrons. The van der Waals surface area contributed by atoms with Crippen LogP contribution in [-0.2, 0) is 24.8 Å². The van der Waals surface area contributed by atoms with Crippen LogP contribution < -0.4 is 10.1 Å². The van der Waals surface area contributed by atoms with E-state index >= 15 is 0 Å². The fraction of sp³-hybridized carbons (Fsp3) is 0.621. The zero-order valence-corrected chi connectivity index (χ0v) is 25.7. The highest BCUT2D eigenvalue weighted by Crippen LogP contribution is 2.33. The monoisotopic (exact) mass is 550 g/mol. The van der Waals surface area contributed by atoms with Crippen LogP contribution in [0.25, 0.3) is 0 Å². The molecule has 38 heavy (non-hydrogen) atoms. The first-order valence-corrected chi connectivity index (χ1v) is 13.9. The van der Waals surface area contributed by atoms with E-state index in [4.69, 9.17) is 14.2 Å². The second-order valence-corrected chi connectivity index (χ2v) is 12.7. The van der Waals surface area contributed by atoms with Crippen LogP contribution >= 0.6 is 11.8 Å². The van der Waals surface area contributed by atoms with Crippen LogP contribution in [0.4, 0.5) is 4.79 Å². The average Bonchev–Trinajstić information content (AvgIpc) is 2.82. The number of benzene rings is 1. The van der Waals surface area contributed by atoms with Crippen LogP contribution in [0.15, 0.2) is 35.9 Å². The Bertz CT molecular complexity index is 966. The van der Waals surface area contributed by atoms with Crippen LogP contribution in [0, 0.1) is 5.92 Å². The van der Waals surface area contributed by atoms with Gasteiger partial charge in [-0.3, -0.25) is 4.79 Å². The van der Waals surface area contributed by atoms with Gasteiger partial charge in [-0.2, -0.15) is 0 Å². The van der Waals surface area contributed by atoms with E-state index in [-0.39, 0.29) is 18.4 Å². The van der Waals surface area contributed by atoms with Gasteiger partial charge in [-0.1, -0.05) is 32.1 Å². The second-order valence-electron chi connectivity index (χ2n) is 11.1. The number of esters is 1. The predicted octanol–water partition coefficient (Wildman–Crippen LogP) is 5.59. The van der Waals surface area contributed by atoms with Gasteiger partial charge in [0.25, 0.3) is 0 Å². The summed E-state index contributed by atoms with van der Waals surface area (Å²) in [7, 11) is 3.31. The molecular weight excluding hydrogens is 504 g/mol. The van der Waals surface area contributed by atoms with Gasteiger partial charge >= 0.3 is 12.1 Å². The summed E-state index contributed by atoms with van der Waals surface area (Å²) < 4.78 is 15.1. The molecule has 0 unspecified atom stereocenters. The number of amides is 2. The lowest BCUT2D eigenvalue weighted by molar-refractivity contribution is -0.139. The third-order valence-corrected chi connectivity index (χ3v) is 7.33. The molecule has 0 aliphatic heterocycles. The molecule has 8 nitrogen and oxygen atoms in total. The highest BCUT2D eigenvalue weighted by molar-refractivity contribution is 7.99. The Morgan fingerprint density at radius 2 is 1.66 bits per heavy atom. The van der Waals surface area contributed by atoms with Crippen molar-refractivity contribution in [3.63, 3.8) is 0 Å². The number of carbonyl (C=O) groups excluding carboxylic acids is 3. The Kier molecular flexibility index (Phi) is 12.7. The van der Waals surface area contributed by atoms with Crippen LogP contribution in [0.2, 0.25) is 0 Å². The van der Waals surface area contributed by atoms with Crippen molar-refractivity contribution >= 4 is 29.7 Å². The summed E-state index contributed by atoms with van der Waals surface area (Å²) in [6.07, 6.45) is 1.09. The van der Waals surface area contributed by atoms with Crippen molar-refractivity contribution < 1.29 is 28.6 Å². The molecule has 1 aromatic carbocycles. The Balaban J connectivity index is 3.29. The molecule has 1 rings (SSSR count). The molecule has 9 heteroatoms. The fourth-order valence-electron chi connectivity index (χ4n) is 3.70. The van der Waals surface area contributed by atoms with E-state index in [2.05, 4.69) is 5.32 Å². The first-order valence-electron chi connectivity index (χ1n) is 12.9. The molecule has 1 aromatic rings. The quantitative estimate of drug-likeness (QED) is 0.268. The summed E-state index contributed by atoms with van der Waals surface area (Å²) in [6, 6.07) is 6.45. The number of thioether (sulfide) groups is 1. The average molecular weight is 551 g/mol. The van der Waals surface area contributed by atoms with Crippen LogP contribution in [0.3, 0.4) is 0 Å². The van der Waals surface area contributed by atoms with Crippen molar-refractivity contribution in [1.82, 2.24) is 10.2 Å². The zero-order valence-electron chi connectivity index (χ0n) is 24.8. The molecular formula is C29H46N2O6S. The lowest BCUT2D eigenvalue weighted by Crippen LogP contribution is -2.59. The summed E-state index contributed by atoms with van der Waals surface area (Å²) in [5.41, 5.74) is 0.771. The number of likely N-dealkylation sites (N-methyl/N-ethyl adjacent to an activating group) is 1. The molecule has 2 atom stereocenters. The molecule has 1 N–H and O–H groups in total. The van der Waals surface area contributed by atoms with Crippen molar-refractivity contribution in [2.45, 2.75) is 90.5 Å². The van der Waals surface area contributed by atoms with Crippen LogP contribution in [0.1, 0.15) is 67.9 Å². The minimum Gasteiger partial charge on any atom is -0.497 e. The molecule has 0 fully saturated rings. The molecule has 2 amide bonds. The van der Waals surface area contributed by atoms with Gasteiger partial charge in [-0.15, -0.1) is 11.8 Å². The van der Waals surface area contributed by atoms with E-state index in [1.54, 1.807) is 71.5 Å². The van der Waals surface area contributed by atoms with E-state index in [0.717, 1.165) is 11.3 Å². The van der Waals surface area contributed by atoms with Crippen molar-refractivity contribution in [2.24, 2.45) is 5.92 Å². The van der Waals surface area contributed by atoms with Gasteiger partial charge in [-0.05, 0) is 72.1 Å². The minimum atomic E-state index is -0.900. The van der Waals surface area contributed by atoms with E-state index in [0.29, 0.717) is 11.3 Å². The number of ether oxygens (including phenoxy) is 3. The summed E-state index contributed by atoms with van der Waals surface area (Å²) in [4.78, 5) is 40.7. The van der Waals surface area contributed by atoms with E-state index in [1.807, 2.05) is 52.0 Å². The van der Waals surface area contributed by atoms with Gasteiger partial charge in [0.2, 0.25) is 5.91 Å². The van der Waals surface area contributed by atoms with Crippen molar-refractivity contribution in [3.8, 4) is 5.75 Å². The number of hydrogen-bond acceptors (Lipinski definition) is 7. The first kappa shape index (κ1) is 33.3. The number of nitrogens with one attached hydrogen (secondary N) is 1. The Morgan fingerprint density at radius 1 is 1.08 bits per heavy atom. The van der Waals surface area contributed by atoms with Gasteiger partial charge in [0.15, 0.2) is 0 Å². The molecule has 0 radical (unpaired) electrons. The van der Waals surface area contributed by atoms with Crippen molar-refractivity contribution in [3.05, 3.63) is 41.5 Å². The van der Waals surface area contributed by atoms with Gasteiger partial charge < -0.3 is 24.4 Å².